The van der Waals surface area contributed by atoms with E-state index in [2.05, 4.69) is 10.6 Å². The second-order valence-electron chi connectivity index (χ2n) is 4.11. The maximum atomic E-state index is 12.9. The Hall–Kier alpha value is -0.720. The Morgan fingerprint density at radius 3 is 2.94 bits per heavy atom. The first-order valence-corrected chi connectivity index (χ1v) is 6.36. The molecule has 0 radical (unpaired) electrons. The highest BCUT2D eigenvalue weighted by molar-refractivity contribution is 7.09. The maximum Gasteiger partial charge on any atom is 0.262 e. The van der Waals surface area contributed by atoms with Crippen LogP contribution in [0, 0.1) is 0 Å². The molecule has 1 amide bonds. The average Bonchev–Trinajstić information content (AvgIpc) is 2.87. The largest absolute Gasteiger partial charge is 0.354 e. The van der Waals surface area contributed by atoms with Crippen molar-refractivity contribution in [2.75, 3.05) is 13.1 Å². The maximum absolute atomic E-state index is 12.9. The number of thiophene rings is 1. The molecule has 102 valence electrons. The lowest BCUT2D eigenvalue weighted by atomic mass is 10.2. The zero-order chi connectivity index (χ0) is 12.3. The van der Waals surface area contributed by atoms with Gasteiger partial charge in [0.25, 0.3) is 5.92 Å². The van der Waals surface area contributed by atoms with Gasteiger partial charge in [0.15, 0.2) is 0 Å². The average molecular weight is 297 g/mol. The van der Waals surface area contributed by atoms with Crippen molar-refractivity contribution < 1.29 is 13.6 Å². The minimum Gasteiger partial charge on any atom is -0.354 e. The van der Waals surface area contributed by atoms with Crippen LogP contribution in [0.4, 0.5) is 8.78 Å². The van der Waals surface area contributed by atoms with Crippen LogP contribution in [0.1, 0.15) is 11.3 Å². The van der Waals surface area contributed by atoms with E-state index in [0.29, 0.717) is 6.54 Å². The Labute approximate surface area is 114 Å². The molecule has 2 N–H and O–H groups in total. The lowest BCUT2D eigenvalue weighted by Gasteiger charge is -2.10. The minimum absolute atomic E-state index is 0. The van der Waals surface area contributed by atoms with Crippen LogP contribution in [0.15, 0.2) is 17.5 Å². The van der Waals surface area contributed by atoms with Crippen LogP contribution in [-0.4, -0.2) is 31.0 Å². The van der Waals surface area contributed by atoms with Gasteiger partial charge in [0, 0.05) is 17.8 Å². The molecule has 3 nitrogen and oxygen atoms in total. The molecule has 1 aliphatic heterocycles. The summed E-state index contributed by atoms with van der Waals surface area (Å²) >= 11 is 1.62. The van der Waals surface area contributed by atoms with Gasteiger partial charge in [-0.15, -0.1) is 23.7 Å². The summed E-state index contributed by atoms with van der Waals surface area (Å²) in [4.78, 5) is 12.7. The predicted molar refractivity (Wildman–Crippen MR) is 69.6 cm³/mol. The molecule has 0 aromatic carbocycles. The molecule has 0 bridgehead atoms. The van der Waals surface area contributed by atoms with Gasteiger partial charge in [-0.3, -0.25) is 10.1 Å². The molecular formula is C11H15ClF2N2OS. The highest BCUT2D eigenvalue weighted by Crippen LogP contribution is 2.24. The highest BCUT2D eigenvalue weighted by atomic mass is 35.5. The van der Waals surface area contributed by atoms with E-state index in [1.54, 1.807) is 11.3 Å². The number of carbonyl (C=O) groups excluding carboxylic acids is 1. The molecule has 2 heterocycles. The number of hydrogen-bond donors (Lipinski definition) is 2. The van der Waals surface area contributed by atoms with Crippen molar-refractivity contribution in [3.8, 4) is 0 Å². The van der Waals surface area contributed by atoms with E-state index < -0.39 is 24.9 Å². The Balaban J connectivity index is 0.00000162. The number of nitrogens with one attached hydrogen (secondary N) is 2. The van der Waals surface area contributed by atoms with E-state index in [-0.39, 0.29) is 18.3 Å². The van der Waals surface area contributed by atoms with Crippen LogP contribution >= 0.6 is 23.7 Å². The Morgan fingerprint density at radius 1 is 1.61 bits per heavy atom. The van der Waals surface area contributed by atoms with E-state index in [4.69, 9.17) is 0 Å². The first-order chi connectivity index (χ1) is 8.07. The fourth-order valence-corrected chi connectivity index (χ4v) is 2.50. The molecule has 1 aliphatic rings. The van der Waals surface area contributed by atoms with Crippen molar-refractivity contribution in [2.45, 2.75) is 24.8 Å². The summed E-state index contributed by atoms with van der Waals surface area (Å²) in [6.45, 7) is 0.0824. The molecule has 1 aromatic rings. The summed E-state index contributed by atoms with van der Waals surface area (Å²) in [6.07, 6.45) is 0.338. The van der Waals surface area contributed by atoms with Crippen LogP contribution in [0.25, 0.3) is 0 Å². The van der Waals surface area contributed by atoms with Crippen LogP contribution in [-0.2, 0) is 11.2 Å². The summed E-state index contributed by atoms with van der Waals surface area (Å²) in [7, 11) is 0. The van der Waals surface area contributed by atoms with Crippen molar-refractivity contribution in [1.82, 2.24) is 10.6 Å². The number of amides is 1. The van der Waals surface area contributed by atoms with Gasteiger partial charge < -0.3 is 5.32 Å². The first kappa shape index (κ1) is 15.3. The molecule has 0 aliphatic carbocycles. The third-order valence-electron chi connectivity index (χ3n) is 2.68. The molecule has 7 heteroatoms. The lowest BCUT2D eigenvalue weighted by molar-refractivity contribution is -0.123. The Kier molecular flexibility index (Phi) is 5.49. The lowest BCUT2D eigenvalue weighted by Crippen LogP contribution is -2.41. The highest BCUT2D eigenvalue weighted by Gasteiger charge is 2.42. The zero-order valence-electron chi connectivity index (χ0n) is 9.62. The quantitative estimate of drug-likeness (QED) is 0.890. The van der Waals surface area contributed by atoms with Gasteiger partial charge in [-0.1, -0.05) is 6.07 Å². The van der Waals surface area contributed by atoms with Crippen molar-refractivity contribution in [2.24, 2.45) is 0 Å². The number of halogens is 3. The van der Waals surface area contributed by atoms with Crippen molar-refractivity contribution in [1.29, 1.82) is 0 Å². The zero-order valence-corrected chi connectivity index (χ0v) is 11.3. The monoisotopic (exact) mass is 296 g/mol. The molecular weight excluding hydrogens is 282 g/mol. The van der Waals surface area contributed by atoms with Gasteiger partial charge >= 0.3 is 0 Å². The van der Waals surface area contributed by atoms with Gasteiger partial charge in [-0.2, -0.15) is 0 Å². The van der Waals surface area contributed by atoms with Crippen LogP contribution < -0.4 is 10.6 Å². The van der Waals surface area contributed by atoms with Gasteiger partial charge in [-0.05, 0) is 17.9 Å². The van der Waals surface area contributed by atoms with Crippen LogP contribution in [0.5, 0.6) is 0 Å². The number of alkyl halides is 2. The smallest absolute Gasteiger partial charge is 0.262 e. The molecule has 0 spiro atoms. The normalized spacial score (nSPS) is 21.3. The third kappa shape index (κ3) is 4.19. The molecule has 2 rings (SSSR count). The summed E-state index contributed by atoms with van der Waals surface area (Å²) in [5, 5.41) is 7.17. The molecule has 1 atom stereocenters. The summed E-state index contributed by atoms with van der Waals surface area (Å²) in [6, 6.07) is 3.17. The molecule has 1 fully saturated rings. The second kappa shape index (κ2) is 6.45. The van der Waals surface area contributed by atoms with Crippen LogP contribution in [0.3, 0.4) is 0 Å². The second-order valence-corrected chi connectivity index (χ2v) is 5.15. The van der Waals surface area contributed by atoms with Gasteiger partial charge in [-0.25, -0.2) is 8.78 Å². The molecule has 1 aromatic heterocycles. The van der Waals surface area contributed by atoms with Gasteiger partial charge in [0.05, 0.1) is 12.6 Å². The number of carbonyl (C=O) groups is 1. The standard InChI is InChI=1S/C11H14F2N2OS.ClH/c12-11(13)6-9(15-7-11)10(16)14-4-3-8-2-1-5-17-8;/h1-2,5,9,15H,3-4,6-7H2,(H,14,16);1H. The summed E-state index contributed by atoms with van der Waals surface area (Å²) in [5.74, 6) is -3.09. The van der Waals surface area contributed by atoms with Crippen LogP contribution in [0.2, 0.25) is 0 Å². The molecule has 0 saturated carbocycles. The van der Waals surface area contributed by atoms with E-state index >= 15 is 0 Å². The molecule has 1 unspecified atom stereocenters. The SMILES string of the molecule is Cl.O=C(NCCc1cccs1)C1CC(F)(F)CN1. The van der Waals surface area contributed by atoms with E-state index in [1.807, 2.05) is 17.5 Å². The summed E-state index contributed by atoms with van der Waals surface area (Å²) < 4.78 is 25.7. The Morgan fingerprint density at radius 2 is 2.39 bits per heavy atom. The number of rotatable bonds is 4. The first-order valence-electron chi connectivity index (χ1n) is 5.48. The number of hydrogen-bond acceptors (Lipinski definition) is 3. The topological polar surface area (TPSA) is 41.1 Å². The van der Waals surface area contributed by atoms with Crippen molar-refractivity contribution >= 4 is 29.7 Å². The summed E-state index contributed by atoms with van der Waals surface area (Å²) in [5.41, 5.74) is 0. The third-order valence-corrected chi connectivity index (χ3v) is 3.61. The fourth-order valence-electron chi connectivity index (χ4n) is 1.79. The van der Waals surface area contributed by atoms with Gasteiger partial charge in [0.1, 0.15) is 0 Å². The van der Waals surface area contributed by atoms with E-state index in [0.717, 1.165) is 6.42 Å². The van der Waals surface area contributed by atoms with E-state index in [1.165, 1.54) is 4.88 Å². The van der Waals surface area contributed by atoms with Gasteiger partial charge in [0.2, 0.25) is 5.91 Å². The predicted octanol–water partition coefficient (Wildman–Crippen LogP) is 1.83. The van der Waals surface area contributed by atoms with E-state index in [9.17, 15) is 13.6 Å². The van der Waals surface area contributed by atoms with Crippen molar-refractivity contribution in [3.63, 3.8) is 0 Å². The minimum atomic E-state index is -2.75. The van der Waals surface area contributed by atoms with Crippen molar-refractivity contribution in [3.05, 3.63) is 22.4 Å². The molecule has 18 heavy (non-hydrogen) atoms. The molecule has 1 saturated heterocycles. The Bertz CT molecular complexity index is 386. The fraction of sp³-hybridized carbons (Fsp3) is 0.545.